The lowest BCUT2D eigenvalue weighted by atomic mass is 10.2. The summed E-state index contributed by atoms with van der Waals surface area (Å²) in [5, 5.41) is 3.44. The molecule has 0 aliphatic carbocycles. The Labute approximate surface area is 75.6 Å². The third-order valence-corrected chi connectivity index (χ3v) is 2.22. The molecular weight excluding hydrogens is 148 g/mol. The Morgan fingerprint density at radius 1 is 1.50 bits per heavy atom. The molecule has 0 spiro atoms. The number of rotatable bonds is 3. The molecule has 0 radical (unpaired) electrons. The molecule has 1 saturated heterocycles. The summed E-state index contributed by atoms with van der Waals surface area (Å²) in [7, 11) is 0. The molecule has 1 aliphatic rings. The normalized spacial score (nSPS) is 26.7. The summed E-state index contributed by atoms with van der Waals surface area (Å²) >= 11 is 0. The van der Waals surface area contributed by atoms with E-state index in [1.807, 2.05) is 0 Å². The maximum Gasteiger partial charge on any atom is 0.0167 e. The highest BCUT2D eigenvalue weighted by molar-refractivity contribution is 4.86. The highest BCUT2D eigenvalue weighted by Crippen LogP contribution is 1.98. The molecule has 1 heterocycles. The van der Waals surface area contributed by atoms with Crippen LogP contribution < -0.4 is 5.32 Å². The van der Waals surface area contributed by atoms with Crippen LogP contribution in [0, 0.1) is 0 Å². The standard InChI is InChI=1S/C10H20N2/c1-3-4-5-7-12-8-6-11-10(2)9-12/h4-5,10-11H,3,6-9H2,1-2H3/b5-4+/t10-/m0/s1. The number of nitrogens with zero attached hydrogens (tertiary/aromatic N) is 1. The van der Waals surface area contributed by atoms with E-state index in [1.54, 1.807) is 0 Å². The van der Waals surface area contributed by atoms with E-state index in [0.29, 0.717) is 6.04 Å². The molecule has 1 atom stereocenters. The molecule has 0 aromatic rings. The van der Waals surface area contributed by atoms with E-state index in [4.69, 9.17) is 0 Å². The topological polar surface area (TPSA) is 15.3 Å². The quantitative estimate of drug-likeness (QED) is 0.638. The third kappa shape index (κ3) is 3.37. The van der Waals surface area contributed by atoms with Gasteiger partial charge in [-0.25, -0.2) is 0 Å². The van der Waals surface area contributed by atoms with Crippen LogP contribution >= 0.6 is 0 Å². The first-order valence-electron chi connectivity index (χ1n) is 4.93. The van der Waals surface area contributed by atoms with E-state index in [9.17, 15) is 0 Å². The fraction of sp³-hybridized carbons (Fsp3) is 0.800. The number of allylic oxidation sites excluding steroid dienone is 1. The molecule has 0 aromatic carbocycles. The Hall–Kier alpha value is -0.340. The minimum atomic E-state index is 0.661. The van der Waals surface area contributed by atoms with Crippen LogP contribution in [0.3, 0.4) is 0 Å². The highest BCUT2D eigenvalue weighted by Gasteiger charge is 2.13. The minimum absolute atomic E-state index is 0.661. The number of hydrogen-bond donors (Lipinski definition) is 1. The van der Waals surface area contributed by atoms with Crippen LogP contribution in [0.4, 0.5) is 0 Å². The molecule has 0 amide bonds. The van der Waals surface area contributed by atoms with Gasteiger partial charge in [0, 0.05) is 32.2 Å². The average molecular weight is 168 g/mol. The zero-order chi connectivity index (χ0) is 8.81. The Morgan fingerprint density at radius 3 is 3.00 bits per heavy atom. The van der Waals surface area contributed by atoms with Gasteiger partial charge in [0.1, 0.15) is 0 Å². The summed E-state index contributed by atoms with van der Waals surface area (Å²) in [6, 6.07) is 0.661. The maximum atomic E-state index is 3.44. The molecule has 70 valence electrons. The fourth-order valence-electron chi connectivity index (χ4n) is 1.57. The van der Waals surface area contributed by atoms with Crippen LogP contribution in [-0.4, -0.2) is 37.1 Å². The molecule has 12 heavy (non-hydrogen) atoms. The second kappa shape index (κ2) is 5.33. The van der Waals surface area contributed by atoms with Gasteiger partial charge in [-0.3, -0.25) is 4.90 Å². The van der Waals surface area contributed by atoms with Crippen LogP contribution in [-0.2, 0) is 0 Å². The van der Waals surface area contributed by atoms with Crippen molar-refractivity contribution < 1.29 is 0 Å². The lowest BCUT2D eigenvalue weighted by Crippen LogP contribution is -2.49. The SMILES string of the molecule is CC/C=C/CN1CCN[C@@H](C)C1. The van der Waals surface area contributed by atoms with E-state index < -0.39 is 0 Å². The van der Waals surface area contributed by atoms with E-state index in [0.717, 1.165) is 19.5 Å². The lowest BCUT2D eigenvalue weighted by Gasteiger charge is -2.30. The van der Waals surface area contributed by atoms with Crippen LogP contribution in [0.2, 0.25) is 0 Å². The molecule has 2 nitrogen and oxygen atoms in total. The molecule has 0 unspecified atom stereocenters. The summed E-state index contributed by atoms with van der Waals surface area (Å²) in [5.74, 6) is 0. The fourth-order valence-corrected chi connectivity index (χ4v) is 1.57. The summed E-state index contributed by atoms with van der Waals surface area (Å²) < 4.78 is 0. The zero-order valence-electron chi connectivity index (χ0n) is 8.21. The van der Waals surface area contributed by atoms with Gasteiger partial charge in [0.15, 0.2) is 0 Å². The van der Waals surface area contributed by atoms with Crippen LogP contribution in [0.5, 0.6) is 0 Å². The average Bonchev–Trinajstić information content (AvgIpc) is 2.05. The van der Waals surface area contributed by atoms with Crippen molar-refractivity contribution in [2.75, 3.05) is 26.2 Å². The van der Waals surface area contributed by atoms with Gasteiger partial charge in [0.05, 0.1) is 0 Å². The van der Waals surface area contributed by atoms with Crippen molar-refractivity contribution in [2.45, 2.75) is 26.3 Å². The monoisotopic (exact) mass is 168 g/mol. The maximum absolute atomic E-state index is 3.44. The van der Waals surface area contributed by atoms with Gasteiger partial charge >= 0.3 is 0 Å². The first-order valence-corrected chi connectivity index (χ1v) is 4.93. The number of hydrogen-bond acceptors (Lipinski definition) is 2. The molecule has 0 saturated carbocycles. The van der Waals surface area contributed by atoms with Crippen LogP contribution in [0.1, 0.15) is 20.3 Å². The summed E-state index contributed by atoms with van der Waals surface area (Å²) in [5.41, 5.74) is 0. The van der Waals surface area contributed by atoms with Crippen LogP contribution in [0.15, 0.2) is 12.2 Å². The van der Waals surface area contributed by atoms with Crippen molar-refractivity contribution in [1.29, 1.82) is 0 Å². The zero-order valence-corrected chi connectivity index (χ0v) is 8.21. The van der Waals surface area contributed by atoms with E-state index in [-0.39, 0.29) is 0 Å². The Kier molecular flexibility index (Phi) is 4.33. The molecule has 1 aliphatic heterocycles. The van der Waals surface area contributed by atoms with Gasteiger partial charge < -0.3 is 5.32 Å². The molecule has 1 fully saturated rings. The predicted octanol–water partition coefficient (Wildman–Crippen LogP) is 1.25. The van der Waals surface area contributed by atoms with Gasteiger partial charge in [-0.15, -0.1) is 0 Å². The van der Waals surface area contributed by atoms with Gasteiger partial charge in [-0.2, -0.15) is 0 Å². The Bertz CT molecular complexity index is 143. The molecular formula is C10H20N2. The van der Waals surface area contributed by atoms with Crippen molar-refractivity contribution in [2.24, 2.45) is 0 Å². The van der Waals surface area contributed by atoms with Gasteiger partial charge in [0.2, 0.25) is 0 Å². The van der Waals surface area contributed by atoms with Crippen LogP contribution in [0.25, 0.3) is 0 Å². The second-order valence-corrected chi connectivity index (χ2v) is 3.49. The molecule has 1 rings (SSSR count). The summed E-state index contributed by atoms with van der Waals surface area (Å²) in [4.78, 5) is 2.49. The van der Waals surface area contributed by atoms with E-state index in [1.165, 1.54) is 13.1 Å². The van der Waals surface area contributed by atoms with Gasteiger partial charge in [-0.1, -0.05) is 19.1 Å². The van der Waals surface area contributed by atoms with E-state index in [2.05, 4.69) is 36.2 Å². The smallest absolute Gasteiger partial charge is 0.0167 e. The summed E-state index contributed by atoms with van der Waals surface area (Å²) in [6.07, 6.45) is 5.67. The predicted molar refractivity (Wildman–Crippen MR) is 53.3 cm³/mol. The van der Waals surface area contributed by atoms with Crippen molar-refractivity contribution in [1.82, 2.24) is 10.2 Å². The van der Waals surface area contributed by atoms with E-state index >= 15 is 0 Å². The first kappa shape index (κ1) is 9.75. The second-order valence-electron chi connectivity index (χ2n) is 3.49. The van der Waals surface area contributed by atoms with Crippen molar-refractivity contribution in [3.63, 3.8) is 0 Å². The molecule has 0 aromatic heterocycles. The minimum Gasteiger partial charge on any atom is -0.312 e. The summed E-state index contributed by atoms with van der Waals surface area (Å²) in [6.45, 7) is 9.07. The molecule has 1 N–H and O–H groups in total. The van der Waals surface area contributed by atoms with Crippen molar-refractivity contribution in [3.05, 3.63) is 12.2 Å². The lowest BCUT2D eigenvalue weighted by molar-refractivity contribution is 0.226. The highest BCUT2D eigenvalue weighted by atomic mass is 15.2. The third-order valence-electron chi connectivity index (χ3n) is 2.22. The largest absolute Gasteiger partial charge is 0.312 e. The number of nitrogens with one attached hydrogen (secondary N) is 1. The molecule has 2 heteroatoms. The number of piperazine rings is 1. The Morgan fingerprint density at radius 2 is 2.33 bits per heavy atom. The van der Waals surface area contributed by atoms with Gasteiger partial charge in [-0.05, 0) is 13.3 Å². The van der Waals surface area contributed by atoms with Crippen molar-refractivity contribution in [3.8, 4) is 0 Å². The molecule has 0 bridgehead atoms. The Balaban J connectivity index is 2.18. The first-order chi connectivity index (χ1) is 5.83. The van der Waals surface area contributed by atoms with Crippen molar-refractivity contribution >= 4 is 0 Å². The van der Waals surface area contributed by atoms with Gasteiger partial charge in [0.25, 0.3) is 0 Å².